The van der Waals surface area contributed by atoms with E-state index >= 15 is 0 Å². The summed E-state index contributed by atoms with van der Waals surface area (Å²) in [5.41, 5.74) is 14.2. The van der Waals surface area contributed by atoms with E-state index in [0.717, 1.165) is 130 Å². The van der Waals surface area contributed by atoms with Gasteiger partial charge in [-0.15, -0.1) is 0 Å². The normalized spacial score (nSPS) is 11.7. The van der Waals surface area contributed by atoms with E-state index in [4.69, 9.17) is 28.9 Å². The number of aliphatic carboxylic acids is 1. The standard InChI is InChI=1S/C72H67N5O6/c1-5-9-41-80-63-25-17-13-21-52(63)67-56-35-36-57(74-56)68(53-22-14-18-26-64(53)81-42-10-6-2)59-39-40-61(76-59)70(55-24-16-20-28-66(55)83-44-12-8-4)71-50(34-33-48-29-31-49(32-30-48)45-51(47-73)72(78)79)46-62(77-71)69(60-38-37-58(67)75-60)54-23-15-19-27-65(54)82-43-11-7-3/h13-32,35-40,45-46,74,77H,5-12,41-44H2,1-4H3,(H,78,79)/b51-45-,67-56?,67-58?,68-57?,68-59?,69-60?,69-62?,70-61?,71-70?. The Morgan fingerprint density at radius 1 is 0.494 bits per heavy atom. The Labute approximate surface area is 485 Å². The van der Waals surface area contributed by atoms with E-state index in [1.54, 1.807) is 18.2 Å². The van der Waals surface area contributed by atoms with Crippen LogP contribution in [0.5, 0.6) is 23.0 Å². The molecule has 0 saturated carbocycles. The molecule has 0 amide bonds. The highest BCUT2D eigenvalue weighted by atomic mass is 16.5. The van der Waals surface area contributed by atoms with Crippen molar-refractivity contribution in [2.45, 2.75) is 79.1 Å². The third kappa shape index (κ3) is 12.9. The van der Waals surface area contributed by atoms with Crippen molar-refractivity contribution in [2.75, 3.05) is 26.4 Å². The maximum absolute atomic E-state index is 11.7. The fraction of sp³-hybridized carbons (Fsp3) is 0.222. The number of H-pyrrole nitrogens is 2. The maximum Gasteiger partial charge on any atom is 0.346 e. The van der Waals surface area contributed by atoms with E-state index in [-0.39, 0.29) is 5.57 Å². The van der Waals surface area contributed by atoms with Crippen LogP contribution in [-0.2, 0) is 4.79 Å². The molecule has 83 heavy (non-hydrogen) atoms. The number of fused-ring (bicyclic) bond motifs is 8. The molecule has 2 aliphatic rings. The lowest BCUT2D eigenvalue weighted by atomic mass is 10.0. The molecule has 5 aromatic carbocycles. The zero-order valence-corrected chi connectivity index (χ0v) is 47.5. The molecule has 11 nitrogen and oxygen atoms in total. The summed E-state index contributed by atoms with van der Waals surface area (Å²) in [5, 5.41) is 19.1. The molecule has 5 heterocycles. The van der Waals surface area contributed by atoms with Crippen LogP contribution in [0, 0.1) is 23.2 Å². The Balaban J connectivity index is 1.38. The topological polar surface area (TPSA) is 155 Å². The number of para-hydroxylation sites is 4. The van der Waals surface area contributed by atoms with Gasteiger partial charge in [0.15, 0.2) is 0 Å². The van der Waals surface area contributed by atoms with Gasteiger partial charge in [0.25, 0.3) is 0 Å². The zero-order chi connectivity index (χ0) is 57.5. The highest BCUT2D eigenvalue weighted by Crippen LogP contribution is 2.45. The average Bonchev–Trinajstić information content (AvgIpc) is 3.61. The predicted molar refractivity (Wildman–Crippen MR) is 336 cm³/mol. The fourth-order valence-corrected chi connectivity index (χ4v) is 10.1. The third-order valence-corrected chi connectivity index (χ3v) is 14.4. The number of benzene rings is 5. The minimum Gasteiger partial charge on any atom is -0.493 e. The van der Waals surface area contributed by atoms with Gasteiger partial charge < -0.3 is 34.0 Å². The number of carboxylic acids is 1. The summed E-state index contributed by atoms with van der Waals surface area (Å²) in [7, 11) is 0. The van der Waals surface area contributed by atoms with Crippen LogP contribution in [-0.4, -0.2) is 57.4 Å². The highest BCUT2D eigenvalue weighted by Gasteiger charge is 2.24. The molecule has 8 aromatic rings. The van der Waals surface area contributed by atoms with E-state index in [0.29, 0.717) is 77.2 Å². The maximum atomic E-state index is 11.7. The summed E-state index contributed by atoms with van der Waals surface area (Å²) in [6.07, 6.45) is 17.1. The number of ether oxygens (including phenoxy) is 4. The van der Waals surface area contributed by atoms with Crippen LogP contribution in [0.4, 0.5) is 0 Å². The van der Waals surface area contributed by atoms with Crippen molar-refractivity contribution in [2.24, 2.45) is 0 Å². The Bertz CT molecular complexity index is 4050. The first kappa shape index (κ1) is 56.4. The van der Waals surface area contributed by atoms with Crippen LogP contribution in [0.25, 0.3) is 97.0 Å². The van der Waals surface area contributed by atoms with Gasteiger partial charge in [-0.25, -0.2) is 14.8 Å². The summed E-state index contributed by atoms with van der Waals surface area (Å²) in [5.74, 6) is 8.64. The van der Waals surface area contributed by atoms with E-state index in [1.165, 1.54) is 6.08 Å². The second kappa shape index (κ2) is 27.1. The highest BCUT2D eigenvalue weighted by molar-refractivity contribution is 6.03. The van der Waals surface area contributed by atoms with Crippen LogP contribution in [0.1, 0.15) is 119 Å². The number of aromatic nitrogens is 4. The SMILES string of the molecule is CCCCOc1ccccc1-c1c2nc(c(-c3ccccc3OCCCC)c3cc(C#Cc4ccc(/C=C(/C#N)C(=O)O)cc4)c([nH]3)c(-c3ccccc3OCCCC)c3nc(c(-c4ccccc4OCCCC)c4ccc1[nH]4)C=C3)C=C2. The van der Waals surface area contributed by atoms with Crippen molar-refractivity contribution in [3.63, 3.8) is 0 Å². The minimum absolute atomic E-state index is 0.362. The lowest BCUT2D eigenvalue weighted by Gasteiger charge is -2.14. The lowest BCUT2D eigenvalue weighted by Crippen LogP contribution is -2.00. The number of aromatic amines is 2. The molecule has 0 saturated heterocycles. The van der Waals surface area contributed by atoms with Crippen molar-refractivity contribution < 1.29 is 28.8 Å². The second-order valence-electron chi connectivity index (χ2n) is 20.3. The van der Waals surface area contributed by atoms with E-state index < -0.39 is 5.97 Å². The average molecular weight is 1100 g/mol. The number of hydrogen-bond donors (Lipinski definition) is 3. The Kier molecular flexibility index (Phi) is 18.4. The summed E-state index contributed by atoms with van der Waals surface area (Å²) in [6, 6.07) is 47.8. The molecule has 0 fully saturated rings. The number of rotatable bonds is 22. The monoisotopic (exact) mass is 1100 g/mol. The zero-order valence-electron chi connectivity index (χ0n) is 47.5. The molecular weight excluding hydrogens is 1030 g/mol. The predicted octanol–water partition coefficient (Wildman–Crippen LogP) is 17.4. The van der Waals surface area contributed by atoms with Gasteiger partial charge in [-0.3, -0.25) is 0 Å². The van der Waals surface area contributed by atoms with Crippen LogP contribution < -0.4 is 18.9 Å². The summed E-state index contributed by atoms with van der Waals surface area (Å²) >= 11 is 0. The third-order valence-electron chi connectivity index (χ3n) is 14.4. The Morgan fingerprint density at radius 2 is 0.880 bits per heavy atom. The first-order valence-electron chi connectivity index (χ1n) is 28.9. The van der Waals surface area contributed by atoms with Crippen molar-refractivity contribution in [3.8, 4) is 85.4 Å². The Hall–Kier alpha value is -9.84. The van der Waals surface area contributed by atoms with Gasteiger partial charge in [-0.05, 0) is 116 Å². The van der Waals surface area contributed by atoms with Gasteiger partial charge in [0.05, 0.1) is 65.8 Å². The number of nitriles is 1. The molecule has 10 rings (SSSR count). The van der Waals surface area contributed by atoms with Crippen molar-refractivity contribution >= 4 is 58.4 Å². The van der Waals surface area contributed by atoms with Gasteiger partial charge in [-0.2, -0.15) is 5.26 Å². The molecule has 2 aliphatic heterocycles. The molecule has 8 bridgehead atoms. The molecule has 0 unspecified atom stereocenters. The van der Waals surface area contributed by atoms with Crippen LogP contribution >= 0.6 is 0 Å². The lowest BCUT2D eigenvalue weighted by molar-refractivity contribution is -0.132. The molecule has 3 aromatic heterocycles. The van der Waals surface area contributed by atoms with Gasteiger partial charge in [0.1, 0.15) is 34.6 Å². The molecule has 0 spiro atoms. The summed E-state index contributed by atoms with van der Waals surface area (Å²) in [4.78, 5) is 31.0. The second-order valence-corrected chi connectivity index (χ2v) is 20.3. The number of hydrogen-bond acceptors (Lipinski definition) is 8. The van der Waals surface area contributed by atoms with Gasteiger partial charge in [0, 0.05) is 61.1 Å². The van der Waals surface area contributed by atoms with E-state index in [2.05, 4.69) is 116 Å². The van der Waals surface area contributed by atoms with Crippen molar-refractivity contribution in [3.05, 3.63) is 185 Å². The molecule has 0 atom stereocenters. The quantitative estimate of drug-likeness (QED) is 0.0260. The molecule has 3 N–H and O–H groups in total. The molecule has 416 valence electrons. The van der Waals surface area contributed by atoms with Crippen molar-refractivity contribution in [1.82, 2.24) is 19.9 Å². The smallest absolute Gasteiger partial charge is 0.346 e. The van der Waals surface area contributed by atoms with Gasteiger partial charge in [0.2, 0.25) is 0 Å². The van der Waals surface area contributed by atoms with Gasteiger partial charge >= 0.3 is 5.97 Å². The van der Waals surface area contributed by atoms with E-state index in [1.807, 2.05) is 84.9 Å². The molecule has 0 radical (unpaired) electrons. The number of carboxylic acid groups (broad SMARTS) is 1. The summed E-state index contributed by atoms with van der Waals surface area (Å²) in [6.45, 7) is 10.8. The van der Waals surface area contributed by atoms with Crippen LogP contribution in [0.2, 0.25) is 0 Å². The molecule has 11 heteroatoms. The first-order valence-corrected chi connectivity index (χ1v) is 28.9. The van der Waals surface area contributed by atoms with Crippen LogP contribution in [0.15, 0.2) is 145 Å². The number of unbranched alkanes of at least 4 members (excludes halogenated alkanes) is 4. The van der Waals surface area contributed by atoms with E-state index in [9.17, 15) is 15.2 Å². The minimum atomic E-state index is -1.29. The van der Waals surface area contributed by atoms with Gasteiger partial charge in [-0.1, -0.05) is 150 Å². The van der Waals surface area contributed by atoms with Crippen LogP contribution in [0.3, 0.4) is 0 Å². The number of carbonyl (C=O) groups is 1. The largest absolute Gasteiger partial charge is 0.493 e. The van der Waals surface area contributed by atoms with Crippen molar-refractivity contribution in [1.29, 1.82) is 5.26 Å². The number of nitrogens with zero attached hydrogens (tertiary/aromatic N) is 3. The summed E-state index contributed by atoms with van der Waals surface area (Å²) < 4.78 is 26.6. The Morgan fingerprint density at radius 3 is 1.28 bits per heavy atom. The molecular formula is C72H67N5O6. The fourth-order valence-electron chi connectivity index (χ4n) is 10.1. The molecule has 0 aliphatic carbocycles. The number of nitrogens with one attached hydrogen (secondary N) is 2. The first-order chi connectivity index (χ1) is 40.8.